The molecule has 4 radical (unpaired) electrons. The lowest BCUT2D eigenvalue weighted by Crippen LogP contribution is -2.33. The minimum atomic E-state index is -0.298. The highest BCUT2D eigenvalue weighted by Gasteiger charge is 2.61. The molecule has 1 amide bonds. The summed E-state index contributed by atoms with van der Waals surface area (Å²) in [7, 11) is 8.00. The van der Waals surface area contributed by atoms with E-state index in [0.717, 1.165) is 18.7 Å². The number of benzene rings is 1. The zero-order valence-corrected chi connectivity index (χ0v) is 19.9. The number of esters is 2. The van der Waals surface area contributed by atoms with Crippen LogP contribution in [0.4, 0.5) is 4.79 Å². The van der Waals surface area contributed by atoms with Crippen LogP contribution < -0.4 is 5.32 Å². The van der Waals surface area contributed by atoms with E-state index < -0.39 is 0 Å². The molecule has 4 aliphatic rings. The zero-order valence-electron chi connectivity index (χ0n) is 19.9. The van der Waals surface area contributed by atoms with Crippen molar-refractivity contribution >= 4 is 33.5 Å². The Kier molecular flexibility index (Phi) is 11.1. The fourth-order valence-electron chi connectivity index (χ4n) is 5.08. The Morgan fingerprint density at radius 3 is 1.83 bits per heavy atom. The van der Waals surface area contributed by atoms with E-state index in [1.54, 1.807) is 4.90 Å². The summed E-state index contributed by atoms with van der Waals surface area (Å²) < 4.78 is 15.3. The molecule has 0 spiro atoms. The van der Waals surface area contributed by atoms with E-state index in [1.807, 2.05) is 44.2 Å². The largest absolute Gasteiger partial charge is 0.466 e. The van der Waals surface area contributed by atoms with Gasteiger partial charge in [-0.15, -0.1) is 0 Å². The van der Waals surface area contributed by atoms with Gasteiger partial charge in [0.15, 0.2) is 0 Å². The quantitative estimate of drug-likeness (QED) is 0.377. The van der Waals surface area contributed by atoms with E-state index in [4.69, 9.17) is 14.2 Å². The first-order valence-corrected chi connectivity index (χ1v) is 11.9. The third-order valence-corrected chi connectivity index (χ3v) is 6.87. The van der Waals surface area contributed by atoms with Crippen molar-refractivity contribution in [3.8, 4) is 0 Å². The van der Waals surface area contributed by atoms with Crippen LogP contribution in [-0.2, 0) is 30.4 Å². The predicted molar refractivity (Wildman–Crippen MR) is 134 cm³/mol. The second kappa shape index (κ2) is 13.6. The fourth-order valence-corrected chi connectivity index (χ4v) is 5.08. The van der Waals surface area contributed by atoms with Crippen LogP contribution >= 0.6 is 0 Å². The van der Waals surface area contributed by atoms with Gasteiger partial charge in [-0.25, -0.2) is 4.79 Å². The second-order valence-corrected chi connectivity index (χ2v) is 8.81. The highest BCUT2D eigenvalue weighted by molar-refractivity contribution is 6.75. The van der Waals surface area contributed by atoms with Crippen molar-refractivity contribution in [1.29, 1.82) is 0 Å². The van der Waals surface area contributed by atoms with Crippen LogP contribution in [0.1, 0.15) is 26.8 Å². The maximum absolute atomic E-state index is 12.0. The van der Waals surface area contributed by atoms with Gasteiger partial charge in [-0.05, 0) is 56.2 Å². The number of ether oxygens (including phenoxy) is 3. The molecule has 0 bridgehead atoms. The molecular weight excluding hydrogens is 446 g/mol. The lowest BCUT2D eigenvalue weighted by atomic mass is 9.81. The van der Waals surface area contributed by atoms with Gasteiger partial charge in [0.2, 0.25) is 0 Å². The Morgan fingerprint density at radius 2 is 1.34 bits per heavy atom. The monoisotopic (exact) mass is 482 g/mol. The number of fused-ring (bicyclic) bond motifs is 2. The molecule has 2 heterocycles. The summed E-state index contributed by atoms with van der Waals surface area (Å²) in [5.41, 5.74) is 0.972. The smallest absolute Gasteiger partial charge is 0.410 e. The summed E-state index contributed by atoms with van der Waals surface area (Å²) >= 11 is 0. The number of hydrogen-bond acceptors (Lipinski definition) is 7. The van der Waals surface area contributed by atoms with Gasteiger partial charge in [-0.2, -0.15) is 0 Å². The molecule has 5 rings (SSSR count). The number of hydrogen-bond donors (Lipinski definition) is 1. The van der Waals surface area contributed by atoms with Gasteiger partial charge < -0.3 is 24.4 Å². The lowest BCUT2D eigenvalue weighted by Gasteiger charge is -2.19. The molecule has 6 atom stereocenters. The number of carbonyl (C=O) groups is 3. The molecule has 1 aromatic rings. The van der Waals surface area contributed by atoms with Crippen LogP contribution in [-0.4, -0.2) is 77.8 Å². The highest BCUT2D eigenvalue weighted by Crippen LogP contribution is 2.52. The molecule has 188 valence electrons. The summed E-state index contributed by atoms with van der Waals surface area (Å²) in [5, 5.41) is 3.24. The maximum Gasteiger partial charge on any atom is 0.410 e. The van der Waals surface area contributed by atoms with Gasteiger partial charge in [0.25, 0.3) is 0 Å². The summed E-state index contributed by atoms with van der Waals surface area (Å²) in [6.45, 7) is 8.09. The first-order chi connectivity index (χ1) is 16.5. The van der Waals surface area contributed by atoms with Gasteiger partial charge in [0.1, 0.15) is 6.61 Å². The average Bonchev–Trinajstić information content (AvgIpc) is 3.58. The Labute approximate surface area is 211 Å². The van der Waals surface area contributed by atoms with E-state index >= 15 is 0 Å². The van der Waals surface area contributed by atoms with Gasteiger partial charge in [0.05, 0.1) is 25.0 Å². The van der Waals surface area contributed by atoms with Crippen LogP contribution in [0.25, 0.3) is 0 Å². The number of nitrogens with one attached hydrogen (secondary N) is 1. The van der Waals surface area contributed by atoms with E-state index in [-0.39, 0.29) is 55.7 Å². The highest BCUT2D eigenvalue weighted by atomic mass is 16.6. The van der Waals surface area contributed by atoms with Crippen molar-refractivity contribution in [3.63, 3.8) is 0 Å². The van der Waals surface area contributed by atoms with Crippen molar-refractivity contribution in [3.05, 3.63) is 35.9 Å². The summed E-state index contributed by atoms with van der Waals surface area (Å²) in [5.74, 6) is 1.82. The Balaban J connectivity index is 0.000000261. The van der Waals surface area contributed by atoms with E-state index in [1.165, 1.54) is 0 Å². The standard InChI is InChI=1S/C16H19NO4.C8H13NO2.CH4.B2/c1-2-20-15(18)14-12-8-17(9-13(12)14)16(19)21-10-11-6-4-3-5-7-11;1-2-11-8(10)7-5-3-9-4-6(5)7;;1-2/h3-7,12-14H,2,8-10H2,1H3;5-7,9H,2-4H2,1H3;1H4;/t12-,13+,14?;5-,6+,7?;;. The van der Waals surface area contributed by atoms with E-state index in [2.05, 4.69) is 20.8 Å². The molecule has 2 unspecified atom stereocenters. The number of carbonyl (C=O) groups excluding carboxylic acids is 3. The topological polar surface area (TPSA) is 94.2 Å². The number of piperidine rings is 2. The minimum absolute atomic E-state index is 0. The van der Waals surface area contributed by atoms with Gasteiger partial charge in [-0.1, -0.05) is 37.8 Å². The zero-order chi connectivity index (χ0) is 24.7. The Hall–Kier alpha value is -2.48. The number of rotatable bonds is 6. The summed E-state index contributed by atoms with van der Waals surface area (Å²) in [4.78, 5) is 36.5. The number of likely N-dealkylation sites (tertiary alicyclic amines) is 1. The second-order valence-electron chi connectivity index (χ2n) is 8.81. The van der Waals surface area contributed by atoms with Gasteiger partial charge >= 0.3 is 18.0 Å². The van der Waals surface area contributed by atoms with E-state index in [0.29, 0.717) is 38.1 Å². The SMILES string of the molecule is C.CCOC(=O)C1[C@H]2CN(C(=O)OCc3ccccc3)C[C@@H]12.CCOC(=O)C1[C@H]2CNC[C@@H]12.[B][B]. The molecule has 2 saturated heterocycles. The minimum Gasteiger partial charge on any atom is -0.466 e. The molecule has 1 aromatic carbocycles. The molecule has 10 heteroatoms. The van der Waals surface area contributed by atoms with Crippen LogP contribution in [0.15, 0.2) is 30.3 Å². The van der Waals surface area contributed by atoms with Crippen LogP contribution in [0.5, 0.6) is 0 Å². The van der Waals surface area contributed by atoms with Gasteiger partial charge in [-0.3, -0.25) is 9.59 Å². The molecule has 2 aliphatic carbocycles. The molecule has 35 heavy (non-hydrogen) atoms. The third-order valence-electron chi connectivity index (χ3n) is 6.87. The average molecular weight is 482 g/mol. The molecule has 4 fully saturated rings. The molecule has 2 aliphatic heterocycles. The molecule has 0 aromatic heterocycles. The molecule has 2 saturated carbocycles. The summed E-state index contributed by atoms with van der Waals surface area (Å²) in [6.07, 6.45) is -0.298. The first-order valence-electron chi connectivity index (χ1n) is 11.9. The maximum atomic E-state index is 12.0. The lowest BCUT2D eigenvalue weighted by molar-refractivity contribution is -0.146. The van der Waals surface area contributed by atoms with Crippen LogP contribution in [0.2, 0.25) is 0 Å². The van der Waals surface area contributed by atoms with Crippen molar-refractivity contribution < 1.29 is 28.6 Å². The summed E-state index contributed by atoms with van der Waals surface area (Å²) in [6, 6.07) is 9.60. The Bertz CT molecular complexity index is 821. The van der Waals surface area contributed by atoms with E-state index in [9.17, 15) is 14.4 Å². The van der Waals surface area contributed by atoms with Crippen molar-refractivity contribution in [2.45, 2.75) is 27.9 Å². The van der Waals surface area contributed by atoms with Crippen molar-refractivity contribution in [2.75, 3.05) is 39.4 Å². The molecule has 8 nitrogen and oxygen atoms in total. The van der Waals surface area contributed by atoms with Crippen LogP contribution in [0.3, 0.4) is 0 Å². The first kappa shape index (κ1) is 28.8. The fraction of sp³-hybridized carbons (Fsp3) is 0.640. The predicted octanol–water partition coefficient (Wildman–Crippen LogP) is 1.95. The van der Waals surface area contributed by atoms with Crippen molar-refractivity contribution in [2.24, 2.45) is 35.5 Å². The molecular formula is C25H36B2N2O6. The van der Waals surface area contributed by atoms with Gasteiger partial charge in [0, 0.05) is 28.6 Å². The normalized spacial score (nSPS) is 28.3. The number of nitrogens with zero attached hydrogens (tertiary/aromatic N) is 1. The van der Waals surface area contributed by atoms with Crippen LogP contribution in [0, 0.1) is 35.5 Å². The van der Waals surface area contributed by atoms with Crippen molar-refractivity contribution in [1.82, 2.24) is 10.2 Å². The third kappa shape index (κ3) is 7.03. The Morgan fingerprint density at radius 1 is 0.857 bits per heavy atom. The molecule has 1 N–H and O–H groups in total. The number of amides is 1.